The summed E-state index contributed by atoms with van der Waals surface area (Å²) >= 11 is 0. The minimum atomic E-state index is 0.158. The third kappa shape index (κ3) is 4.02. The Labute approximate surface area is 161 Å². The summed E-state index contributed by atoms with van der Waals surface area (Å²) in [6, 6.07) is 0.365. The van der Waals surface area contributed by atoms with Crippen LogP contribution in [-0.4, -0.2) is 61.9 Å². The van der Waals surface area contributed by atoms with Crippen LogP contribution in [-0.2, 0) is 9.47 Å². The molecule has 150 valence electrons. The van der Waals surface area contributed by atoms with Gasteiger partial charge in [0.25, 0.3) is 0 Å². The van der Waals surface area contributed by atoms with Gasteiger partial charge in [-0.05, 0) is 63.1 Å². The molecule has 26 heavy (non-hydrogen) atoms. The Morgan fingerprint density at radius 3 is 2.42 bits per heavy atom. The van der Waals surface area contributed by atoms with E-state index in [2.05, 4.69) is 51.0 Å². The van der Waals surface area contributed by atoms with Crippen molar-refractivity contribution < 1.29 is 9.47 Å². The molecular weight excluding hydrogens is 324 g/mol. The molecule has 0 aromatic heterocycles. The van der Waals surface area contributed by atoms with Gasteiger partial charge in [-0.1, -0.05) is 20.4 Å². The van der Waals surface area contributed by atoms with Crippen LogP contribution in [0.5, 0.6) is 0 Å². The van der Waals surface area contributed by atoms with Gasteiger partial charge in [-0.25, -0.2) is 0 Å². The molecule has 0 radical (unpaired) electrons. The topological polar surface area (TPSA) is 24.9 Å². The lowest BCUT2D eigenvalue weighted by Crippen LogP contribution is -2.49. The number of hydrogen-bond donors (Lipinski definition) is 0. The predicted molar refractivity (Wildman–Crippen MR) is 109 cm³/mol. The molecule has 0 bridgehead atoms. The van der Waals surface area contributed by atoms with Gasteiger partial charge in [0.05, 0.1) is 19.3 Å². The molecular formula is C22H40N2O2. The van der Waals surface area contributed by atoms with Crippen molar-refractivity contribution in [2.45, 2.75) is 66.0 Å². The van der Waals surface area contributed by atoms with E-state index in [1.165, 1.54) is 24.1 Å². The first kappa shape index (κ1) is 21.5. The van der Waals surface area contributed by atoms with Crippen LogP contribution >= 0.6 is 0 Å². The number of hydrogen-bond acceptors (Lipinski definition) is 4. The van der Waals surface area contributed by atoms with Crippen LogP contribution in [0, 0.1) is 11.3 Å². The SMILES string of the molecule is C=CN(CC)/C(=C(/C)[C@@](C)(CC)[C@@H]1CC[C@@H]1OC)C(C)N1CCOCC1. The van der Waals surface area contributed by atoms with Crippen LogP contribution < -0.4 is 0 Å². The van der Waals surface area contributed by atoms with Crippen LogP contribution in [0.2, 0.25) is 0 Å². The molecule has 1 saturated carbocycles. The number of likely N-dealkylation sites (N-methyl/N-ethyl adjacent to an activating group) is 1. The third-order valence-electron chi connectivity index (χ3n) is 7.17. The summed E-state index contributed by atoms with van der Waals surface area (Å²) in [6.45, 7) is 20.4. The monoisotopic (exact) mass is 364 g/mol. The van der Waals surface area contributed by atoms with Crippen molar-refractivity contribution >= 4 is 0 Å². The Morgan fingerprint density at radius 1 is 1.35 bits per heavy atom. The summed E-state index contributed by atoms with van der Waals surface area (Å²) in [5.74, 6) is 0.605. The minimum Gasteiger partial charge on any atom is -0.381 e. The van der Waals surface area contributed by atoms with Crippen molar-refractivity contribution in [1.29, 1.82) is 0 Å². The van der Waals surface area contributed by atoms with E-state index in [4.69, 9.17) is 9.47 Å². The number of allylic oxidation sites excluding steroid dienone is 1. The Hall–Kier alpha value is -0.840. The quantitative estimate of drug-likeness (QED) is 0.609. The number of nitrogens with zero attached hydrogens (tertiary/aromatic N) is 2. The summed E-state index contributed by atoms with van der Waals surface area (Å²) in [6.07, 6.45) is 5.99. The number of rotatable bonds is 9. The van der Waals surface area contributed by atoms with Gasteiger partial charge >= 0.3 is 0 Å². The molecule has 0 aromatic rings. The zero-order valence-corrected chi connectivity index (χ0v) is 17.9. The molecule has 0 aromatic carbocycles. The summed E-state index contributed by atoms with van der Waals surface area (Å²) in [4.78, 5) is 4.91. The van der Waals surface area contributed by atoms with E-state index in [9.17, 15) is 0 Å². The normalized spacial score (nSPS) is 28.5. The number of ether oxygens (including phenoxy) is 2. The van der Waals surface area contributed by atoms with E-state index in [1.807, 2.05) is 13.3 Å². The fraction of sp³-hybridized carbons (Fsp3) is 0.818. The average molecular weight is 365 g/mol. The van der Waals surface area contributed by atoms with Crippen molar-refractivity contribution in [2.24, 2.45) is 11.3 Å². The molecule has 2 aliphatic rings. The van der Waals surface area contributed by atoms with Crippen molar-refractivity contribution in [2.75, 3.05) is 40.0 Å². The van der Waals surface area contributed by atoms with Gasteiger partial charge in [0.15, 0.2) is 0 Å². The maximum absolute atomic E-state index is 5.78. The Kier molecular flexibility index (Phi) is 7.75. The summed E-state index contributed by atoms with van der Waals surface area (Å²) in [5.41, 5.74) is 3.09. The highest BCUT2D eigenvalue weighted by Gasteiger charge is 2.46. The van der Waals surface area contributed by atoms with E-state index in [0.29, 0.717) is 18.1 Å². The molecule has 2 rings (SSSR count). The molecule has 1 heterocycles. The molecule has 4 atom stereocenters. The zero-order valence-electron chi connectivity index (χ0n) is 17.9. The molecule has 1 saturated heterocycles. The lowest BCUT2D eigenvalue weighted by atomic mass is 9.59. The lowest BCUT2D eigenvalue weighted by Gasteiger charge is -2.50. The first-order chi connectivity index (χ1) is 12.4. The fourth-order valence-corrected chi connectivity index (χ4v) is 4.88. The van der Waals surface area contributed by atoms with Gasteiger partial charge in [-0.15, -0.1) is 0 Å². The van der Waals surface area contributed by atoms with E-state index in [1.54, 1.807) is 0 Å². The first-order valence-corrected chi connectivity index (χ1v) is 10.4. The molecule has 1 aliphatic heterocycles. The highest BCUT2D eigenvalue weighted by molar-refractivity contribution is 5.27. The lowest BCUT2D eigenvalue weighted by molar-refractivity contribution is -0.0658. The second-order valence-corrected chi connectivity index (χ2v) is 8.03. The second kappa shape index (κ2) is 9.38. The van der Waals surface area contributed by atoms with Gasteiger partial charge < -0.3 is 14.4 Å². The van der Waals surface area contributed by atoms with Crippen molar-refractivity contribution in [3.8, 4) is 0 Å². The van der Waals surface area contributed by atoms with Gasteiger partial charge in [-0.3, -0.25) is 4.90 Å². The molecule has 0 spiro atoms. The number of morpholine rings is 1. The highest BCUT2D eigenvalue weighted by Crippen LogP contribution is 2.51. The molecule has 1 unspecified atom stereocenters. The maximum atomic E-state index is 5.78. The molecule has 0 N–H and O–H groups in total. The van der Waals surface area contributed by atoms with Gasteiger partial charge in [-0.2, -0.15) is 0 Å². The molecule has 2 fully saturated rings. The van der Waals surface area contributed by atoms with Gasteiger partial charge in [0.1, 0.15) is 0 Å². The molecule has 4 nitrogen and oxygen atoms in total. The van der Waals surface area contributed by atoms with E-state index in [-0.39, 0.29) is 5.41 Å². The molecule has 0 amide bonds. The first-order valence-electron chi connectivity index (χ1n) is 10.4. The largest absolute Gasteiger partial charge is 0.381 e. The van der Waals surface area contributed by atoms with E-state index >= 15 is 0 Å². The third-order valence-corrected chi connectivity index (χ3v) is 7.17. The predicted octanol–water partition coefficient (Wildman–Crippen LogP) is 4.29. The van der Waals surface area contributed by atoms with E-state index < -0.39 is 0 Å². The van der Waals surface area contributed by atoms with Gasteiger partial charge in [0.2, 0.25) is 0 Å². The maximum Gasteiger partial charge on any atom is 0.0607 e. The van der Waals surface area contributed by atoms with E-state index in [0.717, 1.165) is 39.3 Å². The van der Waals surface area contributed by atoms with Crippen molar-refractivity contribution in [3.63, 3.8) is 0 Å². The molecule has 4 heteroatoms. The number of methoxy groups -OCH3 is 1. The summed E-state index contributed by atoms with van der Waals surface area (Å²) in [7, 11) is 1.87. The van der Waals surface area contributed by atoms with Crippen LogP contribution in [0.3, 0.4) is 0 Å². The van der Waals surface area contributed by atoms with Crippen LogP contribution in [0.4, 0.5) is 0 Å². The van der Waals surface area contributed by atoms with Crippen molar-refractivity contribution in [3.05, 3.63) is 24.0 Å². The smallest absolute Gasteiger partial charge is 0.0607 e. The summed E-state index contributed by atoms with van der Waals surface area (Å²) < 4.78 is 11.4. The average Bonchev–Trinajstić information content (AvgIpc) is 2.65. The summed E-state index contributed by atoms with van der Waals surface area (Å²) in [5, 5.41) is 0. The highest BCUT2D eigenvalue weighted by atomic mass is 16.5. The van der Waals surface area contributed by atoms with Gasteiger partial charge in [0, 0.05) is 38.5 Å². The second-order valence-electron chi connectivity index (χ2n) is 8.03. The Bertz CT molecular complexity index is 496. The Balaban J connectivity index is 2.43. The fourth-order valence-electron chi connectivity index (χ4n) is 4.88. The standard InChI is InChI=1S/C22H40N2O2/c1-8-22(6,19-11-12-20(19)25-7)17(4)21(23(9-2)10-3)18(5)24-13-15-26-16-14-24/h9,18-20H,2,8,10-16H2,1,3-7H3/b21-17-/t18?,19-,20+,22-/m1/s1. The zero-order chi connectivity index (χ0) is 19.3. The van der Waals surface area contributed by atoms with Crippen LogP contribution in [0.1, 0.15) is 53.9 Å². The van der Waals surface area contributed by atoms with Crippen molar-refractivity contribution in [1.82, 2.24) is 9.80 Å². The van der Waals surface area contributed by atoms with Crippen LogP contribution in [0.15, 0.2) is 24.0 Å². The Morgan fingerprint density at radius 2 is 2.00 bits per heavy atom. The van der Waals surface area contributed by atoms with Crippen LogP contribution in [0.25, 0.3) is 0 Å². The minimum absolute atomic E-state index is 0.158. The molecule has 1 aliphatic carbocycles.